The molecule has 0 bridgehead atoms. The molecule has 0 radical (unpaired) electrons. The highest BCUT2D eigenvalue weighted by atomic mass is 16.6. The van der Waals surface area contributed by atoms with Gasteiger partial charge in [-0.2, -0.15) is 0 Å². The molecule has 9 heteroatoms. The van der Waals surface area contributed by atoms with Crippen LogP contribution in [0.4, 0.5) is 5.69 Å². The fourth-order valence-corrected chi connectivity index (χ4v) is 1.71. The van der Waals surface area contributed by atoms with Crippen LogP contribution in [0, 0.1) is 0 Å². The van der Waals surface area contributed by atoms with Gasteiger partial charge in [-0.25, -0.2) is 0 Å². The molecule has 1 fully saturated rings. The highest BCUT2D eigenvalue weighted by Crippen LogP contribution is 2.26. The van der Waals surface area contributed by atoms with E-state index in [1.165, 1.54) is 0 Å². The first kappa shape index (κ1) is 13.1. The van der Waals surface area contributed by atoms with Crippen molar-refractivity contribution in [2.24, 2.45) is 0 Å². The maximum absolute atomic E-state index is 10.6. The summed E-state index contributed by atoms with van der Waals surface area (Å²) in [4.78, 5) is 10.6. The molecule has 1 aliphatic rings. The van der Waals surface area contributed by atoms with Crippen LogP contribution in [0.15, 0.2) is 6.20 Å². The Balaban J connectivity index is 2.20. The molecule has 1 aromatic rings. The molecule has 1 aromatic heterocycles. The molecule has 1 aliphatic heterocycles. The molecule has 0 aromatic carbocycles. The lowest BCUT2D eigenvalue weighted by atomic mass is 9.49. The van der Waals surface area contributed by atoms with Crippen LogP contribution in [0.3, 0.4) is 0 Å². The number of anilines is 1. The van der Waals surface area contributed by atoms with Crippen molar-refractivity contribution in [1.82, 2.24) is 9.78 Å². The first-order valence-electron chi connectivity index (χ1n) is 6.05. The van der Waals surface area contributed by atoms with Gasteiger partial charge in [-0.15, -0.1) is 5.10 Å². The highest BCUT2D eigenvalue weighted by Gasteiger charge is 2.23. The summed E-state index contributed by atoms with van der Waals surface area (Å²) in [7, 11) is 6.10. The van der Waals surface area contributed by atoms with Crippen LogP contribution < -0.4 is 10.1 Å². The molecular formula is C9H16B3N3O3. The molecule has 94 valence electrons. The summed E-state index contributed by atoms with van der Waals surface area (Å²) >= 11 is 0. The van der Waals surface area contributed by atoms with E-state index in [-0.39, 0.29) is 11.3 Å². The van der Waals surface area contributed by atoms with E-state index < -0.39 is 0 Å². The van der Waals surface area contributed by atoms with Crippen LogP contribution in [-0.2, 0) is 14.8 Å². The summed E-state index contributed by atoms with van der Waals surface area (Å²) < 4.78 is 12.8. The van der Waals surface area contributed by atoms with Crippen LogP contribution >= 0.6 is 0 Å². The van der Waals surface area contributed by atoms with E-state index in [4.69, 9.17) is 9.47 Å². The van der Waals surface area contributed by atoms with Crippen LogP contribution in [0.5, 0.6) is 5.88 Å². The topological polar surface area (TPSA) is 65.4 Å². The number of hydrogen-bond donors (Lipinski definition) is 1. The molecule has 0 spiro atoms. The second-order valence-electron chi connectivity index (χ2n) is 5.33. The number of nitrogens with one attached hydrogen (secondary N) is 1. The minimum absolute atomic E-state index is 0.0144. The predicted octanol–water partition coefficient (Wildman–Crippen LogP) is -2.91. The van der Waals surface area contributed by atoms with Crippen LogP contribution in [0.25, 0.3) is 0 Å². The normalized spacial score (nSPS) is 19.7. The number of hydrogen-bond acceptors (Lipinski definition) is 4. The summed E-state index contributed by atoms with van der Waals surface area (Å²) in [6.45, 7) is 1.28. The largest absolute Gasteiger partial charge is 0.469 e. The van der Waals surface area contributed by atoms with Crippen molar-refractivity contribution in [3.8, 4) is 5.88 Å². The van der Waals surface area contributed by atoms with Crippen molar-refractivity contribution in [1.29, 1.82) is 0 Å². The third-order valence-corrected chi connectivity index (χ3v) is 2.75. The van der Waals surface area contributed by atoms with Gasteiger partial charge in [0.05, 0.1) is 19.4 Å². The number of carbonyl (C=O) groups excluding carboxylic acids is 1. The third kappa shape index (κ3) is 2.90. The summed E-state index contributed by atoms with van der Waals surface area (Å²) in [6.07, 6.45) is 3.27. The Labute approximate surface area is 109 Å². The number of aromatic nitrogens is 2. The fourth-order valence-electron chi connectivity index (χ4n) is 1.71. The average molecular weight is 247 g/mol. The van der Waals surface area contributed by atoms with E-state index >= 15 is 0 Å². The number of carbonyl (C=O) groups is 1. The van der Waals surface area contributed by atoms with Gasteiger partial charge in [0, 0.05) is 6.42 Å². The van der Waals surface area contributed by atoms with Gasteiger partial charge in [-0.3, -0.25) is 9.48 Å². The quantitative estimate of drug-likeness (QED) is 0.447. The fraction of sp³-hybridized carbons (Fsp3) is 0.556. The summed E-state index contributed by atoms with van der Waals surface area (Å²) in [5.41, 5.74) is 0.590. The Morgan fingerprint density at radius 1 is 1.61 bits per heavy atom. The average Bonchev–Trinajstić information content (AvgIpc) is 2.89. The van der Waals surface area contributed by atoms with Crippen LogP contribution in [-0.4, -0.2) is 59.0 Å². The lowest BCUT2D eigenvalue weighted by Gasteiger charge is -2.18. The first-order chi connectivity index (χ1) is 8.50. The van der Waals surface area contributed by atoms with Crippen LogP contribution in [0.1, 0.15) is 6.42 Å². The lowest BCUT2D eigenvalue weighted by molar-refractivity contribution is -0.105. The molecule has 1 amide bonds. The second-order valence-corrected chi connectivity index (χ2v) is 5.33. The number of nitrogens with zero attached hydrogens (tertiary/aromatic N) is 2. The van der Waals surface area contributed by atoms with Crippen molar-refractivity contribution in [2.45, 2.75) is 17.8 Å². The van der Waals surface area contributed by atoms with Crippen molar-refractivity contribution in [3.05, 3.63) is 6.20 Å². The Hall–Kier alpha value is -1.37. The number of amides is 1. The monoisotopic (exact) mass is 247 g/mol. The maximum Gasteiger partial charge on any atom is 0.257 e. The van der Waals surface area contributed by atoms with E-state index in [1.807, 2.05) is 23.5 Å². The van der Waals surface area contributed by atoms with Gasteiger partial charge in [0.1, 0.15) is 35.3 Å². The van der Waals surface area contributed by atoms with E-state index in [1.54, 1.807) is 10.9 Å². The van der Waals surface area contributed by atoms with Gasteiger partial charge in [0.2, 0.25) is 6.41 Å². The summed E-state index contributed by atoms with van der Waals surface area (Å²) in [5, 5.41) is 6.83. The third-order valence-electron chi connectivity index (χ3n) is 2.75. The molecule has 1 N–H and O–H groups in total. The van der Waals surface area contributed by atoms with Crippen molar-refractivity contribution < 1.29 is 14.3 Å². The zero-order valence-corrected chi connectivity index (χ0v) is 11.0. The standard InChI is InChI=1S/C9H16B3N3O3/c10-9(11,12)15-3-7(13-5-16)8(14-15)18-6-1-2-17-4-6/h3,5-6H,1-2,4,10-12H2,(H,13,16). The van der Waals surface area contributed by atoms with Gasteiger partial charge in [0.25, 0.3) is 5.88 Å². The maximum atomic E-state index is 10.6. The highest BCUT2D eigenvalue weighted by molar-refractivity contribution is 6.56. The lowest BCUT2D eigenvalue weighted by Crippen LogP contribution is -2.35. The molecule has 1 unspecified atom stereocenters. The molecule has 6 nitrogen and oxygen atoms in total. The van der Waals surface area contributed by atoms with Gasteiger partial charge < -0.3 is 14.8 Å². The first-order valence-corrected chi connectivity index (χ1v) is 6.05. The van der Waals surface area contributed by atoms with Gasteiger partial charge in [-0.05, 0) is 5.24 Å². The number of rotatable bonds is 5. The zero-order chi connectivity index (χ0) is 13.2. The van der Waals surface area contributed by atoms with Crippen LogP contribution in [0.2, 0.25) is 0 Å². The SMILES string of the molecule is BC(B)(B)n1cc(NC=O)c(OC2CCOC2)n1. The van der Waals surface area contributed by atoms with E-state index in [0.717, 1.165) is 6.42 Å². The van der Waals surface area contributed by atoms with Gasteiger partial charge in [-0.1, -0.05) is 0 Å². The molecule has 18 heavy (non-hydrogen) atoms. The van der Waals surface area contributed by atoms with Gasteiger partial charge >= 0.3 is 0 Å². The van der Waals surface area contributed by atoms with E-state index in [2.05, 4.69) is 10.4 Å². The second kappa shape index (κ2) is 5.10. The Bertz CT molecular complexity index is 426. The van der Waals surface area contributed by atoms with Gasteiger partial charge in [0.15, 0.2) is 0 Å². The predicted molar refractivity (Wildman–Crippen MR) is 75.4 cm³/mol. The Kier molecular flexibility index (Phi) is 3.70. The molecule has 1 atom stereocenters. The minimum atomic E-state index is -0.160. The summed E-state index contributed by atoms with van der Waals surface area (Å²) in [5.74, 6) is 0.451. The van der Waals surface area contributed by atoms with E-state index in [0.29, 0.717) is 31.2 Å². The molecule has 1 saturated heterocycles. The Morgan fingerprint density at radius 3 is 2.94 bits per heavy atom. The van der Waals surface area contributed by atoms with Crippen molar-refractivity contribution in [2.75, 3.05) is 18.5 Å². The van der Waals surface area contributed by atoms with Crippen molar-refractivity contribution >= 4 is 35.6 Å². The molecule has 0 aliphatic carbocycles. The van der Waals surface area contributed by atoms with Crippen molar-refractivity contribution in [3.63, 3.8) is 0 Å². The smallest absolute Gasteiger partial charge is 0.257 e. The molecular weight excluding hydrogens is 231 g/mol. The molecule has 2 heterocycles. The number of ether oxygens (including phenoxy) is 2. The summed E-state index contributed by atoms with van der Waals surface area (Å²) in [6, 6.07) is 0. The van der Waals surface area contributed by atoms with E-state index in [9.17, 15) is 4.79 Å². The Morgan fingerprint density at radius 2 is 2.39 bits per heavy atom. The molecule has 2 rings (SSSR count). The minimum Gasteiger partial charge on any atom is -0.469 e. The molecule has 0 saturated carbocycles. The zero-order valence-electron chi connectivity index (χ0n) is 11.0.